The molecule has 10 rings (SSSR count). The molecule has 42 nitrogen and oxygen atoms in total. The first-order chi connectivity index (χ1) is 57.9. The molecular formula is C81H51N9O33. The first kappa shape index (κ1) is 86.5. The van der Waals surface area contributed by atoms with Gasteiger partial charge in [0.2, 0.25) is 0 Å². The van der Waals surface area contributed by atoms with Crippen LogP contribution in [0.5, 0.6) is 0 Å². The number of carboxylic acid groups (broad SMARTS) is 12. The second kappa shape index (κ2) is 35.8. The van der Waals surface area contributed by atoms with E-state index in [0.717, 1.165) is 182 Å². The van der Waals surface area contributed by atoms with Gasteiger partial charge in [-0.05, 0) is 182 Å². The summed E-state index contributed by atoms with van der Waals surface area (Å²) in [5, 5.41) is 138. The van der Waals surface area contributed by atoms with Gasteiger partial charge in [0.15, 0.2) is 0 Å². The molecule has 618 valence electrons. The number of aromatic carboxylic acids is 12. The molecule has 0 fully saturated rings. The Morgan fingerprint density at radius 1 is 0.114 bits per heavy atom. The summed E-state index contributed by atoms with van der Waals surface area (Å²) in [6, 6.07) is 23.8. The van der Waals surface area contributed by atoms with Gasteiger partial charge in [-0.15, -0.1) is 0 Å². The van der Waals surface area contributed by atoms with Crippen LogP contribution in [0.3, 0.4) is 0 Å². The molecule has 0 unspecified atom stereocenters. The molecule has 10 aromatic carbocycles. The number of carboxylic acids is 12. The highest BCUT2D eigenvalue weighted by molar-refractivity contribution is 6.19. The van der Waals surface area contributed by atoms with Crippen molar-refractivity contribution in [2.75, 3.05) is 47.9 Å². The van der Waals surface area contributed by atoms with Gasteiger partial charge in [-0.1, -0.05) is 0 Å². The lowest BCUT2D eigenvalue weighted by Crippen LogP contribution is -2.21. The van der Waals surface area contributed by atoms with Crippen molar-refractivity contribution in [2.24, 2.45) is 0 Å². The quantitative estimate of drug-likeness (QED) is 0.0199. The molecule has 123 heavy (non-hydrogen) atoms. The highest BCUT2D eigenvalue weighted by atomic mass is 16.4. The molecule has 0 radical (unpaired) electrons. The van der Waals surface area contributed by atoms with E-state index in [0.29, 0.717) is 0 Å². The highest BCUT2D eigenvalue weighted by Crippen LogP contribution is 2.30. The Kier molecular flexibility index (Phi) is 25.2. The van der Waals surface area contributed by atoms with Crippen molar-refractivity contribution in [1.82, 2.24) is 0 Å². The van der Waals surface area contributed by atoms with Crippen LogP contribution in [-0.4, -0.2) is 186 Å². The fraction of sp³-hybridized carbons (Fsp3) is 0. The first-order valence-electron chi connectivity index (χ1n) is 34.0. The molecule has 0 atom stereocenters. The van der Waals surface area contributed by atoms with Crippen LogP contribution in [0.4, 0.5) is 51.2 Å². The summed E-state index contributed by atoms with van der Waals surface area (Å²) < 4.78 is 0. The standard InChI is InChI=1S/C81H51N9O33/c91-61(82-52-13-34(64(94)85-55-19-40(70(100)101)7-41(20-55)71(102)103)4-35(14-52)65(95)86-56-21-42(72(104)105)8-43(22-56)73(106)107)31-1-32(62(92)83-53-15-36(66(96)87-57-23-44(74(108)109)9-45(24-57)75(110)111)5-37(16-53)67(97)88-58-25-46(76(112)113)10-47(26-58)77(114)115)3-33(2-31)63(93)84-54-17-38(68(98)89-59-27-48(78(116)117)11-49(28-59)79(118)119)6-39(18-54)69(99)90-60-29-50(80(120)121)12-51(30-60)81(122)123/h1-30H,(H,82,91)(H,83,92)(H,84,93)(H,85,94)(H,86,95)(H,87,96)(H,88,97)(H,89,98)(H,90,99)(H,100,101)(H,102,103)(H,104,105)(H,106,107)(H,108,109)(H,110,111)(H,112,113)(H,114,115)(H,116,117)(H,118,119)(H,120,121)(H,122,123). The van der Waals surface area contributed by atoms with Gasteiger partial charge in [-0.3, -0.25) is 43.2 Å². The van der Waals surface area contributed by atoms with E-state index >= 15 is 14.4 Å². The summed E-state index contributed by atoms with van der Waals surface area (Å²) in [7, 11) is 0. The van der Waals surface area contributed by atoms with Gasteiger partial charge < -0.3 is 109 Å². The predicted octanol–water partition coefficient (Wildman–Crippen LogP) is 9.34. The van der Waals surface area contributed by atoms with Crippen LogP contribution in [0.25, 0.3) is 0 Å². The third kappa shape index (κ3) is 21.5. The molecule has 0 aliphatic heterocycles. The Morgan fingerprint density at radius 3 is 0.260 bits per heavy atom. The Hall–Kier alpha value is -18.9. The second-order valence-electron chi connectivity index (χ2n) is 25.7. The molecule has 0 heterocycles. The number of carbonyl (C=O) groups excluding carboxylic acids is 9. The average molecular weight is 1680 g/mol. The van der Waals surface area contributed by atoms with E-state index in [9.17, 15) is 148 Å². The van der Waals surface area contributed by atoms with Gasteiger partial charge in [0.1, 0.15) is 0 Å². The molecule has 0 bridgehead atoms. The van der Waals surface area contributed by atoms with Gasteiger partial charge in [0.25, 0.3) is 53.2 Å². The third-order valence-corrected chi connectivity index (χ3v) is 17.0. The first-order valence-corrected chi connectivity index (χ1v) is 34.0. The number of amides is 9. The lowest BCUT2D eigenvalue weighted by atomic mass is 10.0. The molecule has 42 heteroatoms. The molecule has 0 aliphatic carbocycles. The van der Waals surface area contributed by atoms with Crippen molar-refractivity contribution in [3.8, 4) is 0 Å². The zero-order valence-electron chi connectivity index (χ0n) is 61.3. The van der Waals surface area contributed by atoms with Crippen molar-refractivity contribution in [3.05, 3.63) is 299 Å². The van der Waals surface area contributed by atoms with Crippen LogP contribution in [0, 0.1) is 0 Å². The lowest BCUT2D eigenvalue weighted by Gasteiger charge is -2.15. The average Bonchev–Trinajstić information content (AvgIpc) is 0.806. The van der Waals surface area contributed by atoms with Crippen molar-refractivity contribution >= 4 is 176 Å². The smallest absolute Gasteiger partial charge is 0.335 e. The Morgan fingerprint density at radius 2 is 0.179 bits per heavy atom. The number of nitrogens with one attached hydrogen (secondary N) is 9. The van der Waals surface area contributed by atoms with Crippen LogP contribution in [-0.2, 0) is 0 Å². The summed E-state index contributed by atoms with van der Waals surface area (Å²) in [4.78, 5) is 276. The van der Waals surface area contributed by atoms with Crippen molar-refractivity contribution in [2.45, 2.75) is 0 Å². The van der Waals surface area contributed by atoms with Crippen LogP contribution in [0.2, 0.25) is 0 Å². The van der Waals surface area contributed by atoms with Crippen LogP contribution < -0.4 is 47.9 Å². The minimum absolute atomic E-state index is 0.494. The van der Waals surface area contributed by atoms with Crippen LogP contribution >= 0.6 is 0 Å². The number of anilines is 9. The van der Waals surface area contributed by atoms with E-state index in [-0.39, 0.29) is 0 Å². The normalized spacial score (nSPS) is 10.5. The van der Waals surface area contributed by atoms with E-state index in [1.165, 1.54) is 0 Å². The van der Waals surface area contributed by atoms with Crippen molar-refractivity contribution < 1.29 is 162 Å². The molecule has 0 saturated heterocycles. The lowest BCUT2D eigenvalue weighted by molar-refractivity contribution is 0.0676. The number of hydrogen-bond donors (Lipinski definition) is 21. The minimum Gasteiger partial charge on any atom is -0.478 e. The summed E-state index contributed by atoms with van der Waals surface area (Å²) in [5.74, 6) is -32.3. The van der Waals surface area contributed by atoms with Gasteiger partial charge in [-0.25, -0.2) is 57.5 Å². The molecule has 0 saturated carbocycles. The monoisotopic (exact) mass is 1680 g/mol. The Bertz CT molecular complexity index is 5310. The van der Waals surface area contributed by atoms with Gasteiger partial charge in [-0.2, -0.15) is 0 Å². The largest absolute Gasteiger partial charge is 0.478 e. The minimum atomic E-state index is -1.68. The maximum atomic E-state index is 15.1. The predicted molar refractivity (Wildman–Crippen MR) is 420 cm³/mol. The van der Waals surface area contributed by atoms with Crippen LogP contribution in [0.15, 0.2) is 182 Å². The third-order valence-electron chi connectivity index (χ3n) is 17.0. The maximum Gasteiger partial charge on any atom is 0.335 e. The van der Waals surface area contributed by atoms with Crippen LogP contribution in [0.1, 0.15) is 218 Å². The fourth-order valence-corrected chi connectivity index (χ4v) is 11.4. The zero-order chi connectivity index (χ0) is 90.0. The fourth-order valence-electron chi connectivity index (χ4n) is 11.4. The van der Waals surface area contributed by atoms with Gasteiger partial charge >= 0.3 is 71.6 Å². The van der Waals surface area contributed by atoms with E-state index in [1.54, 1.807) is 0 Å². The molecule has 10 aromatic rings. The highest BCUT2D eigenvalue weighted by Gasteiger charge is 2.27. The SMILES string of the molecule is O=C(O)c1cc(NC(=O)c2cc(NC(=O)c3cc(C(=O)Nc4cc(C(=O)Nc5cc(C(=O)O)cc(C(=O)O)c5)cc(C(=O)Nc5cc(C(=O)O)cc(C(=O)O)c5)c4)cc(C(=O)Nc4cc(C(=O)Nc5cc(C(=O)O)cc(C(=O)O)c5)cc(C(=O)Nc5cc(C(=O)O)cc(C(=O)O)c5)c4)c3)cc(C(=O)Nc3cc(C(=O)O)cc(C(=O)O)c3)c2)cc(C(=O)O)c1. The molecule has 21 N–H and O–H groups in total. The van der Waals surface area contributed by atoms with Gasteiger partial charge in [0, 0.05) is 101 Å². The summed E-state index contributed by atoms with van der Waals surface area (Å²) in [5.41, 5.74) is -19.3. The number of hydrogen-bond acceptors (Lipinski definition) is 21. The Balaban J connectivity index is 1.12. The molecule has 0 spiro atoms. The Labute approximate surface area is 681 Å². The molecular weight excluding hydrogens is 1630 g/mol. The summed E-state index contributed by atoms with van der Waals surface area (Å²) in [6.07, 6.45) is 0. The van der Waals surface area contributed by atoms with E-state index in [1.807, 2.05) is 0 Å². The summed E-state index contributed by atoms with van der Waals surface area (Å²) in [6.45, 7) is 0. The molecule has 9 amide bonds. The van der Waals surface area contributed by atoms with E-state index < -0.39 is 293 Å². The van der Waals surface area contributed by atoms with Crippen molar-refractivity contribution in [1.29, 1.82) is 0 Å². The van der Waals surface area contributed by atoms with Crippen molar-refractivity contribution in [3.63, 3.8) is 0 Å². The van der Waals surface area contributed by atoms with E-state index in [2.05, 4.69) is 47.9 Å². The molecule has 0 aliphatic rings. The maximum absolute atomic E-state index is 15.1. The number of benzene rings is 10. The number of carbonyl (C=O) groups is 21. The zero-order valence-corrected chi connectivity index (χ0v) is 61.3. The topological polar surface area (TPSA) is 710 Å². The van der Waals surface area contributed by atoms with Gasteiger partial charge in [0.05, 0.1) is 66.8 Å². The second-order valence-corrected chi connectivity index (χ2v) is 25.7. The summed E-state index contributed by atoms with van der Waals surface area (Å²) >= 11 is 0. The number of rotatable bonds is 30. The molecule has 0 aromatic heterocycles. The van der Waals surface area contributed by atoms with E-state index in [4.69, 9.17) is 0 Å².